The van der Waals surface area contributed by atoms with Gasteiger partial charge in [-0.15, -0.1) is 12.4 Å². The average Bonchev–Trinajstić information content (AvgIpc) is 1.67. The molecule has 56 valence electrons. The minimum atomic E-state index is -0.319. The van der Waals surface area contributed by atoms with Gasteiger partial charge in [-0.2, -0.15) is 0 Å². The first kappa shape index (κ1) is 11.5. The lowest BCUT2D eigenvalue weighted by molar-refractivity contribution is 0.529. The maximum Gasteiger partial charge on any atom is 0.0975 e. The molecule has 4 heteroatoms. The van der Waals surface area contributed by atoms with Crippen LogP contribution >= 0.6 is 12.4 Å². The molecule has 3 nitrogen and oxygen atoms in total. The highest BCUT2D eigenvalue weighted by molar-refractivity contribution is 5.85. The summed E-state index contributed by atoms with van der Waals surface area (Å²) < 4.78 is 0. The van der Waals surface area contributed by atoms with Crippen molar-refractivity contribution in [2.45, 2.75) is 13.8 Å². The van der Waals surface area contributed by atoms with Gasteiger partial charge in [0.05, 0.1) is 5.84 Å². The van der Waals surface area contributed by atoms with Crippen LogP contribution in [-0.2, 0) is 0 Å². The van der Waals surface area contributed by atoms with E-state index in [0.717, 1.165) is 0 Å². The van der Waals surface area contributed by atoms with E-state index in [1.807, 2.05) is 13.8 Å². The van der Waals surface area contributed by atoms with Gasteiger partial charge in [-0.05, 0) is 0 Å². The fourth-order valence-corrected chi connectivity index (χ4v) is 0.110. The Morgan fingerprint density at radius 1 is 1.56 bits per heavy atom. The molecule has 0 fully saturated rings. The number of halogens is 1. The Labute approximate surface area is 61.7 Å². The van der Waals surface area contributed by atoms with Gasteiger partial charge in [0.15, 0.2) is 0 Å². The van der Waals surface area contributed by atoms with Crippen LogP contribution in [0.25, 0.3) is 0 Å². The molecule has 0 saturated carbocycles. The lowest BCUT2D eigenvalue weighted by atomic mass is 9.93. The molecule has 0 rings (SSSR count). The predicted molar refractivity (Wildman–Crippen MR) is 42.0 cm³/mol. The molecule has 0 aliphatic carbocycles. The number of nitrogens with one attached hydrogen (secondary N) is 1. The lowest BCUT2D eigenvalue weighted by Crippen LogP contribution is -2.37. The minimum Gasteiger partial charge on any atom is -0.387 e. The number of hydrogen-bond donors (Lipinski definition) is 3. The van der Waals surface area contributed by atoms with Gasteiger partial charge in [-0.1, -0.05) is 13.8 Å². The maximum absolute atomic E-state index is 6.99. The van der Waals surface area contributed by atoms with Gasteiger partial charge >= 0.3 is 0 Å². The summed E-state index contributed by atoms with van der Waals surface area (Å²) in [5.74, 6) is 0.153. The summed E-state index contributed by atoms with van der Waals surface area (Å²) in [4.78, 5) is 0. The molecule has 0 aliphatic rings. The Morgan fingerprint density at radius 2 is 1.89 bits per heavy atom. The first-order valence-electron chi connectivity index (χ1n) is 2.55. The molecule has 9 heavy (non-hydrogen) atoms. The summed E-state index contributed by atoms with van der Waals surface area (Å²) in [6.07, 6.45) is 0. The van der Waals surface area contributed by atoms with Gasteiger partial charge in [-0.25, -0.2) is 0 Å². The van der Waals surface area contributed by atoms with Gasteiger partial charge in [-0.3, -0.25) is 5.41 Å². The standard InChI is InChI=1S/C5H13N3.ClH/c1-5(2,3-6)4(7)8;/h3,6H2,1-2H3,(H3,7,8);1H. The number of nitrogens with two attached hydrogens (primary N) is 2. The molecule has 0 aromatic carbocycles. The topological polar surface area (TPSA) is 75.9 Å². The summed E-state index contributed by atoms with van der Waals surface area (Å²) in [5, 5.41) is 6.99. The van der Waals surface area contributed by atoms with Gasteiger partial charge in [0.2, 0.25) is 0 Å². The van der Waals surface area contributed by atoms with Crippen LogP contribution in [0.4, 0.5) is 0 Å². The average molecular weight is 152 g/mol. The van der Waals surface area contributed by atoms with Gasteiger partial charge < -0.3 is 11.5 Å². The summed E-state index contributed by atoms with van der Waals surface area (Å²) >= 11 is 0. The predicted octanol–water partition coefficient (Wildman–Crippen LogP) is 0.329. The lowest BCUT2D eigenvalue weighted by Gasteiger charge is -2.19. The molecule has 0 atom stereocenters. The molecule has 0 unspecified atom stereocenters. The van der Waals surface area contributed by atoms with Gasteiger partial charge in [0.1, 0.15) is 0 Å². The summed E-state index contributed by atoms with van der Waals surface area (Å²) in [6, 6.07) is 0. The van der Waals surface area contributed by atoms with E-state index in [1.165, 1.54) is 0 Å². The molecule has 0 aliphatic heterocycles. The van der Waals surface area contributed by atoms with Crippen LogP contribution in [0.3, 0.4) is 0 Å². The molecular weight excluding hydrogens is 138 g/mol. The highest BCUT2D eigenvalue weighted by Crippen LogP contribution is 2.09. The van der Waals surface area contributed by atoms with E-state index in [9.17, 15) is 0 Å². The summed E-state index contributed by atoms with van der Waals surface area (Å²) in [7, 11) is 0. The molecule has 0 aromatic heterocycles. The van der Waals surface area contributed by atoms with Gasteiger partial charge in [0.25, 0.3) is 0 Å². The van der Waals surface area contributed by atoms with Crippen LogP contribution in [0.5, 0.6) is 0 Å². The van der Waals surface area contributed by atoms with Crippen molar-refractivity contribution in [1.29, 1.82) is 5.41 Å². The van der Waals surface area contributed by atoms with Gasteiger partial charge in [0, 0.05) is 12.0 Å². The SMILES string of the molecule is CC(C)(CN)C(=N)N.Cl. The molecule has 0 saturated heterocycles. The van der Waals surface area contributed by atoms with Crippen molar-refractivity contribution in [2.75, 3.05) is 6.54 Å². The first-order chi connectivity index (χ1) is 3.50. The molecule has 0 heterocycles. The van der Waals surface area contributed by atoms with E-state index in [-0.39, 0.29) is 23.7 Å². The zero-order valence-corrected chi connectivity index (χ0v) is 6.59. The van der Waals surface area contributed by atoms with Crippen molar-refractivity contribution >= 4 is 18.2 Å². The monoisotopic (exact) mass is 151 g/mol. The van der Waals surface area contributed by atoms with E-state index < -0.39 is 0 Å². The van der Waals surface area contributed by atoms with Crippen molar-refractivity contribution < 1.29 is 0 Å². The second-order valence-corrected chi connectivity index (χ2v) is 2.50. The highest BCUT2D eigenvalue weighted by atomic mass is 35.5. The number of amidine groups is 1. The van der Waals surface area contributed by atoms with Crippen molar-refractivity contribution in [1.82, 2.24) is 0 Å². The third-order valence-electron chi connectivity index (χ3n) is 1.24. The Balaban J connectivity index is 0. The molecule has 0 aromatic rings. The van der Waals surface area contributed by atoms with Crippen molar-refractivity contribution in [3.63, 3.8) is 0 Å². The normalized spacial score (nSPS) is 10.1. The molecule has 0 radical (unpaired) electrons. The molecule has 0 bridgehead atoms. The van der Waals surface area contributed by atoms with E-state index in [2.05, 4.69) is 0 Å². The highest BCUT2D eigenvalue weighted by Gasteiger charge is 2.18. The van der Waals surface area contributed by atoms with Crippen molar-refractivity contribution in [2.24, 2.45) is 16.9 Å². The van der Waals surface area contributed by atoms with E-state index in [1.54, 1.807) is 0 Å². The fraction of sp³-hybridized carbons (Fsp3) is 0.800. The zero-order chi connectivity index (χ0) is 6.78. The third-order valence-corrected chi connectivity index (χ3v) is 1.24. The number of rotatable bonds is 2. The zero-order valence-electron chi connectivity index (χ0n) is 5.77. The third kappa shape index (κ3) is 3.32. The van der Waals surface area contributed by atoms with Crippen LogP contribution in [-0.4, -0.2) is 12.4 Å². The van der Waals surface area contributed by atoms with Crippen molar-refractivity contribution in [3.05, 3.63) is 0 Å². The first-order valence-corrected chi connectivity index (χ1v) is 2.55. The summed E-state index contributed by atoms with van der Waals surface area (Å²) in [6.45, 7) is 4.12. The Kier molecular flexibility index (Phi) is 4.72. The van der Waals surface area contributed by atoms with E-state index in [4.69, 9.17) is 16.9 Å². The summed E-state index contributed by atoms with van der Waals surface area (Å²) in [5.41, 5.74) is 10.2. The Morgan fingerprint density at radius 3 is 1.89 bits per heavy atom. The Hall–Kier alpha value is -0.280. The Bertz CT molecular complexity index is 100. The second kappa shape index (κ2) is 3.69. The maximum atomic E-state index is 6.99. The van der Waals surface area contributed by atoms with E-state index in [0.29, 0.717) is 6.54 Å². The largest absolute Gasteiger partial charge is 0.387 e. The molecular formula is C5H14ClN3. The molecule has 0 spiro atoms. The quantitative estimate of drug-likeness (QED) is 0.393. The van der Waals surface area contributed by atoms with Crippen LogP contribution in [0.2, 0.25) is 0 Å². The van der Waals surface area contributed by atoms with Crippen LogP contribution < -0.4 is 11.5 Å². The smallest absolute Gasteiger partial charge is 0.0975 e. The fourth-order valence-electron chi connectivity index (χ4n) is 0.110. The van der Waals surface area contributed by atoms with Crippen LogP contribution in [0, 0.1) is 10.8 Å². The number of hydrogen-bond acceptors (Lipinski definition) is 2. The molecule has 5 N–H and O–H groups in total. The molecule has 0 amide bonds. The minimum absolute atomic E-state index is 0. The van der Waals surface area contributed by atoms with Crippen molar-refractivity contribution in [3.8, 4) is 0 Å². The van der Waals surface area contributed by atoms with E-state index >= 15 is 0 Å². The second-order valence-electron chi connectivity index (χ2n) is 2.50. The van der Waals surface area contributed by atoms with Crippen LogP contribution in [0.1, 0.15) is 13.8 Å². The van der Waals surface area contributed by atoms with Crippen LogP contribution in [0.15, 0.2) is 0 Å².